The van der Waals surface area contributed by atoms with Gasteiger partial charge in [0.15, 0.2) is 0 Å². The van der Waals surface area contributed by atoms with Gasteiger partial charge < -0.3 is 20.3 Å². The van der Waals surface area contributed by atoms with Crippen LogP contribution in [0.1, 0.15) is 43.4 Å². The molecule has 3 aromatic rings. The van der Waals surface area contributed by atoms with E-state index in [2.05, 4.69) is 39.1 Å². The Bertz CT molecular complexity index is 1370. The van der Waals surface area contributed by atoms with E-state index in [9.17, 15) is 4.79 Å². The van der Waals surface area contributed by atoms with E-state index in [0.717, 1.165) is 54.5 Å². The van der Waals surface area contributed by atoms with Crippen molar-refractivity contribution in [1.82, 2.24) is 19.9 Å². The molecule has 1 amide bonds. The standard InChI is InChI=1S/C30H33ClN6O2/c1-3-26(38)37-14-19-7-8-20(15-37)23(12-19)27-18(2)35-29-28(27)30(34-17-33-29)36-21-9-10-25(24(31)13-21)39-16-22-6-4-5-11-32-22/h3-6,9-11,13,17-20,23,27H,1,7-8,12,14-16H2,2H3,(H2,33,34,35,36). The maximum absolute atomic E-state index is 12.5. The molecule has 0 spiro atoms. The van der Waals surface area contributed by atoms with Gasteiger partial charge in [-0.3, -0.25) is 9.78 Å². The first-order valence-corrected chi connectivity index (χ1v) is 14.0. The predicted molar refractivity (Wildman–Crippen MR) is 152 cm³/mol. The molecular weight excluding hydrogens is 512 g/mol. The Morgan fingerprint density at radius 3 is 2.92 bits per heavy atom. The first kappa shape index (κ1) is 25.6. The Morgan fingerprint density at radius 1 is 1.23 bits per heavy atom. The molecule has 5 unspecified atom stereocenters. The second-order valence-corrected chi connectivity index (χ2v) is 11.3. The highest BCUT2D eigenvalue weighted by Crippen LogP contribution is 2.52. The first-order chi connectivity index (χ1) is 19.0. The van der Waals surface area contributed by atoms with Gasteiger partial charge in [0.05, 0.1) is 10.7 Å². The number of aromatic nitrogens is 3. The molecule has 2 saturated heterocycles. The first-order valence-electron chi connectivity index (χ1n) is 13.6. The van der Waals surface area contributed by atoms with Crippen LogP contribution in [0.25, 0.3) is 0 Å². The van der Waals surface area contributed by atoms with Crippen molar-refractivity contribution in [2.45, 2.75) is 44.8 Å². The summed E-state index contributed by atoms with van der Waals surface area (Å²) in [5, 5.41) is 7.63. The smallest absolute Gasteiger partial charge is 0.245 e. The molecule has 5 heterocycles. The molecule has 2 aromatic heterocycles. The number of pyridine rings is 1. The number of hydrogen-bond donors (Lipinski definition) is 2. The number of carbonyl (C=O) groups excluding carboxylic acids is 1. The lowest BCUT2D eigenvalue weighted by atomic mass is 9.67. The van der Waals surface area contributed by atoms with Crippen LogP contribution in [0.5, 0.6) is 5.75 Å². The number of hydrogen-bond acceptors (Lipinski definition) is 7. The number of fused-ring (bicyclic) bond motifs is 5. The molecule has 5 atom stereocenters. The lowest BCUT2D eigenvalue weighted by Gasteiger charge is -2.38. The lowest BCUT2D eigenvalue weighted by molar-refractivity contribution is -0.126. The van der Waals surface area contributed by atoms with Gasteiger partial charge in [0, 0.05) is 42.5 Å². The molecule has 3 fully saturated rings. The zero-order valence-corrected chi connectivity index (χ0v) is 22.8. The molecular formula is C30H33ClN6O2. The van der Waals surface area contributed by atoms with E-state index in [1.807, 2.05) is 41.3 Å². The third kappa shape index (κ3) is 5.17. The summed E-state index contributed by atoms with van der Waals surface area (Å²) in [5.74, 6) is 3.94. The fourth-order valence-electron chi connectivity index (χ4n) is 6.70. The average Bonchev–Trinajstić information content (AvgIpc) is 3.06. The Balaban J connectivity index is 1.23. The minimum absolute atomic E-state index is 0.0422. The van der Waals surface area contributed by atoms with Crippen molar-refractivity contribution in [3.05, 3.63) is 77.9 Å². The highest BCUT2D eigenvalue weighted by molar-refractivity contribution is 6.32. The quantitative estimate of drug-likeness (QED) is 0.363. The van der Waals surface area contributed by atoms with Crippen molar-refractivity contribution in [3.8, 4) is 5.75 Å². The zero-order valence-electron chi connectivity index (χ0n) is 22.0. The van der Waals surface area contributed by atoms with Gasteiger partial charge in [-0.2, -0.15) is 0 Å². The number of amides is 1. The van der Waals surface area contributed by atoms with Crippen molar-refractivity contribution in [3.63, 3.8) is 0 Å². The minimum Gasteiger partial charge on any atom is -0.486 e. The topological polar surface area (TPSA) is 92.3 Å². The summed E-state index contributed by atoms with van der Waals surface area (Å²) in [6, 6.07) is 11.6. The second kappa shape index (κ2) is 10.8. The van der Waals surface area contributed by atoms with Crippen molar-refractivity contribution in [2.24, 2.45) is 17.8 Å². The average molecular weight is 545 g/mol. The Kier molecular flexibility index (Phi) is 7.12. The normalized spacial score (nSPS) is 25.4. The fraction of sp³-hybridized carbons (Fsp3) is 0.400. The van der Waals surface area contributed by atoms with E-state index in [1.54, 1.807) is 12.5 Å². The number of anilines is 3. The van der Waals surface area contributed by atoms with E-state index in [4.69, 9.17) is 16.3 Å². The van der Waals surface area contributed by atoms with E-state index < -0.39 is 0 Å². The Morgan fingerprint density at radius 2 is 2.13 bits per heavy atom. The van der Waals surface area contributed by atoms with E-state index >= 15 is 0 Å². The summed E-state index contributed by atoms with van der Waals surface area (Å²) in [6.07, 6.45) is 8.20. The molecule has 39 heavy (non-hydrogen) atoms. The molecule has 3 aliphatic heterocycles. The van der Waals surface area contributed by atoms with Crippen LogP contribution in [0.3, 0.4) is 0 Å². The van der Waals surface area contributed by atoms with Crippen LogP contribution in [0, 0.1) is 17.8 Å². The molecule has 0 radical (unpaired) electrons. The number of halogens is 1. The summed E-state index contributed by atoms with van der Waals surface area (Å²) in [4.78, 5) is 28.1. The van der Waals surface area contributed by atoms with Crippen LogP contribution < -0.4 is 15.4 Å². The van der Waals surface area contributed by atoms with Crippen molar-refractivity contribution in [1.29, 1.82) is 0 Å². The molecule has 1 aromatic carbocycles. The van der Waals surface area contributed by atoms with Crippen LogP contribution in [0.2, 0.25) is 5.02 Å². The van der Waals surface area contributed by atoms with Crippen LogP contribution in [-0.2, 0) is 11.4 Å². The number of carbonyl (C=O) groups is 1. The van der Waals surface area contributed by atoms with Gasteiger partial charge in [0.1, 0.15) is 30.3 Å². The van der Waals surface area contributed by atoms with Gasteiger partial charge in [-0.15, -0.1) is 0 Å². The second-order valence-electron chi connectivity index (χ2n) is 10.9. The SMILES string of the molecule is C=CC(=O)N1CC2CCC(C1)C(C1c3c(Nc4ccc(OCc5ccccn5)c(Cl)c4)ncnc3NC1C)C2. The maximum atomic E-state index is 12.5. The number of nitrogens with zero attached hydrogens (tertiary/aromatic N) is 4. The molecule has 2 N–H and O–H groups in total. The van der Waals surface area contributed by atoms with Crippen LogP contribution >= 0.6 is 11.6 Å². The molecule has 7 rings (SSSR count). The molecule has 1 saturated carbocycles. The summed E-state index contributed by atoms with van der Waals surface area (Å²) in [6.45, 7) is 7.90. The molecule has 9 heteroatoms. The summed E-state index contributed by atoms with van der Waals surface area (Å²) in [5.41, 5.74) is 2.79. The summed E-state index contributed by atoms with van der Waals surface area (Å²) in [7, 11) is 0. The van der Waals surface area contributed by atoms with Crippen LogP contribution in [0.4, 0.5) is 17.3 Å². The molecule has 4 aliphatic rings. The van der Waals surface area contributed by atoms with Gasteiger partial charge in [-0.25, -0.2) is 9.97 Å². The monoisotopic (exact) mass is 544 g/mol. The molecule has 8 nitrogen and oxygen atoms in total. The van der Waals surface area contributed by atoms with Gasteiger partial charge in [-0.1, -0.05) is 24.2 Å². The van der Waals surface area contributed by atoms with Gasteiger partial charge in [0.2, 0.25) is 5.91 Å². The number of benzene rings is 1. The van der Waals surface area contributed by atoms with Crippen molar-refractivity contribution < 1.29 is 9.53 Å². The predicted octanol–water partition coefficient (Wildman–Crippen LogP) is 5.81. The molecule has 202 valence electrons. The van der Waals surface area contributed by atoms with Crippen LogP contribution in [-0.4, -0.2) is 44.9 Å². The third-order valence-electron chi connectivity index (χ3n) is 8.45. The number of ether oxygens (including phenoxy) is 1. The van der Waals surface area contributed by atoms with Gasteiger partial charge in [0.25, 0.3) is 0 Å². The lowest BCUT2D eigenvalue weighted by Crippen LogP contribution is -2.36. The van der Waals surface area contributed by atoms with Crippen molar-refractivity contribution >= 4 is 34.8 Å². The molecule has 1 aliphatic carbocycles. The Hall–Kier alpha value is -3.65. The number of rotatable bonds is 7. The van der Waals surface area contributed by atoms with E-state index in [-0.39, 0.29) is 17.9 Å². The van der Waals surface area contributed by atoms with Gasteiger partial charge in [-0.05, 0) is 80.3 Å². The van der Waals surface area contributed by atoms with Crippen LogP contribution in [0.15, 0.2) is 61.6 Å². The summed E-state index contributed by atoms with van der Waals surface area (Å²) < 4.78 is 5.89. The highest BCUT2D eigenvalue weighted by atomic mass is 35.5. The highest BCUT2D eigenvalue weighted by Gasteiger charge is 2.46. The zero-order chi connectivity index (χ0) is 26.9. The summed E-state index contributed by atoms with van der Waals surface area (Å²) >= 11 is 6.60. The van der Waals surface area contributed by atoms with E-state index in [0.29, 0.717) is 35.1 Å². The third-order valence-corrected chi connectivity index (χ3v) is 8.75. The van der Waals surface area contributed by atoms with Gasteiger partial charge >= 0.3 is 0 Å². The largest absolute Gasteiger partial charge is 0.486 e. The van der Waals surface area contributed by atoms with E-state index in [1.165, 1.54) is 12.5 Å². The minimum atomic E-state index is 0.0422. The Labute approximate surface area is 233 Å². The maximum Gasteiger partial charge on any atom is 0.245 e. The van der Waals surface area contributed by atoms with Crippen molar-refractivity contribution in [2.75, 3.05) is 23.7 Å². The molecule has 2 bridgehead atoms. The fourth-order valence-corrected chi connectivity index (χ4v) is 6.94. The number of nitrogens with one attached hydrogen (secondary N) is 2.